The van der Waals surface area contributed by atoms with Crippen LogP contribution in [0.25, 0.3) is 6.08 Å². The predicted octanol–water partition coefficient (Wildman–Crippen LogP) is 3.48. The molecule has 0 spiro atoms. The minimum absolute atomic E-state index is 0.174. The van der Waals surface area contributed by atoms with E-state index in [9.17, 15) is 9.59 Å². The van der Waals surface area contributed by atoms with Crippen LogP contribution in [0.2, 0.25) is 0 Å². The fourth-order valence-corrected chi connectivity index (χ4v) is 2.50. The summed E-state index contributed by atoms with van der Waals surface area (Å²) < 4.78 is 5.42. The van der Waals surface area contributed by atoms with Crippen LogP contribution in [0.5, 0.6) is 5.75 Å². The lowest BCUT2D eigenvalue weighted by atomic mass is 10.1. The molecule has 0 aliphatic carbocycles. The van der Waals surface area contributed by atoms with Crippen molar-refractivity contribution in [2.75, 3.05) is 6.61 Å². The third kappa shape index (κ3) is 6.62. The van der Waals surface area contributed by atoms with Crippen LogP contribution in [0.15, 0.2) is 60.7 Å². The van der Waals surface area contributed by atoms with E-state index < -0.39 is 6.04 Å². The number of benzene rings is 2. The van der Waals surface area contributed by atoms with Crippen LogP contribution >= 0.6 is 0 Å². The van der Waals surface area contributed by atoms with Gasteiger partial charge in [-0.3, -0.25) is 9.59 Å². The molecule has 0 fully saturated rings. The average Bonchev–Trinajstić information content (AvgIpc) is 2.68. The second kappa shape index (κ2) is 10.2. The quantitative estimate of drug-likeness (QED) is 0.703. The van der Waals surface area contributed by atoms with Crippen molar-refractivity contribution in [1.29, 1.82) is 0 Å². The topological polar surface area (TPSA) is 67.4 Å². The summed E-state index contributed by atoms with van der Waals surface area (Å²) in [6.07, 6.45) is 3.14. The molecule has 5 nitrogen and oxygen atoms in total. The van der Waals surface area contributed by atoms with Crippen molar-refractivity contribution < 1.29 is 14.3 Å². The highest BCUT2D eigenvalue weighted by Crippen LogP contribution is 2.17. The van der Waals surface area contributed by atoms with Gasteiger partial charge in [-0.25, -0.2) is 0 Å². The summed E-state index contributed by atoms with van der Waals surface area (Å²) >= 11 is 0. The van der Waals surface area contributed by atoms with E-state index in [0.29, 0.717) is 6.61 Å². The number of amides is 2. The van der Waals surface area contributed by atoms with Crippen LogP contribution in [0.3, 0.4) is 0 Å². The van der Waals surface area contributed by atoms with E-state index in [2.05, 4.69) is 10.6 Å². The van der Waals surface area contributed by atoms with Crippen molar-refractivity contribution >= 4 is 17.9 Å². The predicted molar refractivity (Wildman–Crippen MR) is 107 cm³/mol. The molecule has 0 aromatic heterocycles. The maximum atomic E-state index is 12.3. The Balaban J connectivity index is 1.85. The number of hydrogen-bond acceptors (Lipinski definition) is 3. The Hall–Kier alpha value is -3.08. The molecule has 2 aromatic rings. The van der Waals surface area contributed by atoms with Gasteiger partial charge in [0.1, 0.15) is 11.8 Å². The number of carbonyl (C=O) groups is 2. The molecule has 2 unspecified atom stereocenters. The van der Waals surface area contributed by atoms with Crippen LogP contribution in [0, 0.1) is 0 Å². The normalized spacial score (nSPS) is 13.0. The Morgan fingerprint density at radius 2 is 1.67 bits per heavy atom. The molecule has 0 radical (unpaired) electrons. The highest BCUT2D eigenvalue weighted by atomic mass is 16.5. The summed E-state index contributed by atoms with van der Waals surface area (Å²) in [4.78, 5) is 24.3. The van der Waals surface area contributed by atoms with E-state index in [1.165, 1.54) is 6.08 Å². The highest BCUT2D eigenvalue weighted by molar-refractivity contribution is 5.95. The third-order valence-corrected chi connectivity index (χ3v) is 4.03. The molecule has 2 rings (SSSR count). The van der Waals surface area contributed by atoms with E-state index in [1.54, 1.807) is 13.0 Å². The van der Waals surface area contributed by atoms with Crippen molar-refractivity contribution in [3.05, 3.63) is 71.8 Å². The number of rotatable bonds is 8. The fraction of sp³-hybridized carbons (Fsp3) is 0.273. The summed E-state index contributed by atoms with van der Waals surface area (Å²) in [6.45, 7) is 6.11. The molecule has 0 bridgehead atoms. The van der Waals surface area contributed by atoms with Gasteiger partial charge in [0.2, 0.25) is 11.8 Å². The SMILES string of the molecule is CCOc1ccc(C(C)NC(=O)C(C)NC(=O)/C=C/c2ccccc2)cc1. The number of hydrogen-bond donors (Lipinski definition) is 2. The lowest BCUT2D eigenvalue weighted by Gasteiger charge is -2.18. The van der Waals surface area contributed by atoms with Crippen molar-refractivity contribution in [2.45, 2.75) is 32.9 Å². The summed E-state index contributed by atoms with van der Waals surface area (Å²) in [7, 11) is 0. The Kier molecular flexibility index (Phi) is 7.62. The second-order valence-electron chi connectivity index (χ2n) is 6.21. The zero-order valence-electron chi connectivity index (χ0n) is 15.9. The number of carbonyl (C=O) groups excluding carboxylic acids is 2. The summed E-state index contributed by atoms with van der Waals surface area (Å²) in [5.74, 6) is 0.249. The highest BCUT2D eigenvalue weighted by Gasteiger charge is 2.17. The van der Waals surface area contributed by atoms with Gasteiger partial charge in [0.05, 0.1) is 12.6 Å². The zero-order chi connectivity index (χ0) is 19.6. The van der Waals surface area contributed by atoms with Gasteiger partial charge in [0, 0.05) is 6.08 Å². The minimum Gasteiger partial charge on any atom is -0.494 e. The minimum atomic E-state index is -0.636. The first-order valence-corrected chi connectivity index (χ1v) is 9.06. The monoisotopic (exact) mass is 366 g/mol. The van der Waals surface area contributed by atoms with Crippen molar-refractivity contribution in [1.82, 2.24) is 10.6 Å². The maximum absolute atomic E-state index is 12.3. The van der Waals surface area contributed by atoms with E-state index in [-0.39, 0.29) is 17.9 Å². The number of nitrogens with one attached hydrogen (secondary N) is 2. The molecule has 5 heteroatoms. The van der Waals surface area contributed by atoms with Crippen LogP contribution in [-0.2, 0) is 9.59 Å². The van der Waals surface area contributed by atoms with E-state index in [0.717, 1.165) is 16.9 Å². The maximum Gasteiger partial charge on any atom is 0.244 e. The van der Waals surface area contributed by atoms with Crippen LogP contribution in [0.4, 0.5) is 0 Å². The Labute approximate surface area is 160 Å². The smallest absolute Gasteiger partial charge is 0.244 e. The van der Waals surface area contributed by atoms with Crippen LogP contribution < -0.4 is 15.4 Å². The molecule has 2 atom stereocenters. The molecule has 0 saturated heterocycles. The van der Waals surface area contributed by atoms with Crippen molar-refractivity contribution in [3.63, 3.8) is 0 Å². The fourth-order valence-electron chi connectivity index (χ4n) is 2.50. The average molecular weight is 366 g/mol. The van der Waals surface area contributed by atoms with Gasteiger partial charge in [-0.05, 0) is 50.1 Å². The summed E-state index contributed by atoms with van der Waals surface area (Å²) in [6, 6.07) is 16.3. The first kappa shape index (κ1) is 20.2. The largest absolute Gasteiger partial charge is 0.494 e. The van der Waals surface area contributed by atoms with E-state index >= 15 is 0 Å². The Bertz CT molecular complexity index is 770. The zero-order valence-corrected chi connectivity index (χ0v) is 15.9. The summed E-state index contributed by atoms with van der Waals surface area (Å²) in [5, 5.41) is 5.58. The molecule has 0 heterocycles. The second-order valence-corrected chi connectivity index (χ2v) is 6.21. The lowest BCUT2D eigenvalue weighted by molar-refractivity contribution is -0.127. The molecule has 27 heavy (non-hydrogen) atoms. The van der Waals surface area contributed by atoms with Gasteiger partial charge in [-0.1, -0.05) is 42.5 Å². The number of ether oxygens (including phenoxy) is 1. The third-order valence-electron chi connectivity index (χ3n) is 4.03. The van der Waals surface area contributed by atoms with E-state index in [4.69, 9.17) is 4.74 Å². The Morgan fingerprint density at radius 3 is 2.30 bits per heavy atom. The molecule has 0 aliphatic heterocycles. The summed E-state index contributed by atoms with van der Waals surface area (Å²) in [5.41, 5.74) is 1.89. The lowest BCUT2D eigenvalue weighted by Crippen LogP contribution is -2.45. The Morgan fingerprint density at radius 1 is 1.00 bits per heavy atom. The van der Waals surface area contributed by atoms with E-state index in [1.807, 2.05) is 68.4 Å². The molecule has 0 saturated carbocycles. The van der Waals surface area contributed by atoms with Gasteiger partial charge in [0.15, 0.2) is 0 Å². The van der Waals surface area contributed by atoms with Crippen LogP contribution in [-0.4, -0.2) is 24.5 Å². The van der Waals surface area contributed by atoms with Gasteiger partial charge < -0.3 is 15.4 Å². The molecular formula is C22H26N2O3. The van der Waals surface area contributed by atoms with Gasteiger partial charge >= 0.3 is 0 Å². The van der Waals surface area contributed by atoms with Gasteiger partial charge in [-0.2, -0.15) is 0 Å². The van der Waals surface area contributed by atoms with Crippen LogP contribution in [0.1, 0.15) is 37.9 Å². The molecule has 2 aromatic carbocycles. The van der Waals surface area contributed by atoms with Crippen molar-refractivity contribution in [3.8, 4) is 5.75 Å². The van der Waals surface area contributed by atoms with Gasteiger partial charge in [-0.15, -0.1) is 0 Å². The first-order valence-electron chi connectivity index (χ1n) is 9.06. The molecule has 142 valence electrons. The first-order chi connectivity index (χ1) is 13.0. The van der Waals surface area contributed by atoms with Gasteiger partial charge in [0.25, 0.3) is 0 Å². The molecule has 2 amide bonds. The standard InChI is InChI=1S/C22H26N2O3/c1-4-27-20-13-11-19(12-14-20)16(2)24-22(26)17(3)23-21(25)15-10-18-8-6-5-7-9-18/h5-17H,4H2,1-3H3,(H,23,25)(H,24,26)/b15-10+. The molecule has 2 N–H and O–H groups in total. The molecule has 0 aliphatic rings. The van der Waals surface area contributed by atoms with Crippen molar-refractivity contribution in [2.24, 2.45) is 0 Å². The molecular weight excluding hydrogens is 340 g/mol.